The fourth-order valence-electron chi connectivity index (χ4n) is 3.13. The lowest BCUT2D eigenvalue weighted by atomic mass is 10.2. The maximum atomic E-state index is 12.6. The first kappa shape index (κ1) is 20.7. The number of rotatable bonds is 9. The number of likely N-dealkylation sites (N-methyl/N-ethyl adjacent to an activating group) is 1. The van der Waals surface area contributed by atoms with Crippen molar-refractivity contribution in [3.05, 3.63) is 41.3 Å². The van der Waals surface area contributed by atoms with E-state index in [1.165, 1.54) is 6.20 Å². The van der Waals surface area contributed by atoms with Gasteiger partial charge in [0.2, 0.25) is 5.91 Å². The van der Waals surface area contributed by atoms with E-state index >= 15 is 0 Å². The van der Waals surface area contributed by atoms with Crippen molar-refractivity contribution in [1.29, 1.82) is 0 Å². The minimum absolute atomic E-state index is 0.0445. The third kappa shape index (κ3) is 5.26. The molecule has 0 radical (unpaired) electrons. The van der Waals surface area contributed by atoms with Gasteiger partial charge >= 0.3 is 0 Å². The Kier molecular flexibility index (Phi) is 7.07. The van der Waals surface area contributed by atoms with Crippen molar-refractivity contribution in [3.63, 3.8) is 0 Å². The van der Waals surface area contributed by atoms with Crippen LogP contribution in [0.4, 0.5) is 0 Å². The van der Waals surface area contributed by atoms with Gasteiger partial charge < -0.3 is 20.3 Å². The number of amidine groups is 1. The summed E-state index contributed by atoms with van der Waals surface area (Å²) in [7, 11) is 1.83. The number of nitrogens with one attached hydrogen (secondary N) is 2. The molecule has 2 aromatic heterocycles. The molecule has 0 aromatic carbocycles. The lowest BCUT2D eigenvalue weighted by molar-refractivity contribution is -0.124. The number of amides is 1. The van der Waals surface area contributed by atoms with Gasteiger partial charge in [0.05, 0.1) is 18.4 Å². The molecule has 1 atom stereocenters. The molecule has 0 saturated carbocycles. The van der Waals surface area contributed by atoms with Crippen molar-refractivity contribution in [2.45, 2.75) is 31.8 Å². The largest absolute Gasteiger partial charge is 0.381 e. The highest BCUT2D eigenvalue weighted by Crippen LogP contribution is 2.24. The first-order valence-electron chi connectivity index (χ1n) is 9.35. The zero-order valence-corrected chi connectivity index (χ0v) is 16.9. The molecular weight excluding hydrogens is 390 g/mol. The molecular formula is C20H23N5O3S. The molecule has 2 aromatic rings. The number of aromatic nitrogens is 1. The number of allylic oxidation sites excluding steroid dienone is 1. The third-order valence-electron chi connectivity index (χ3n) is 4.69. The molecule has 29 heavy (non-hydrogen) atoms. The van der Waals surface area contributed by atoms with Gasteiger partial charge in [-0.25, -0.2) is 4.99 Å². The number of thiophene rings is 1. The van der Waals surface area contributed by atoms with Crippen LogP contribution in [0.2, 0.25) is 0 Å². The van der Waals surface area contributed by atoms with Gasteiger partial charge in [0.25, 0.3) is 0 Å². The van der Waals surface area contributed by atoms with Gasteiger partial charge in [-0.1, -0.05) is 0 Å². The summed E-state index contributed by atoms with van der Waals surface area (Å²) in [5.74, 6) is 0.701. The number of pyridine rings is 1. The third-order valence-corrected chi connectivity index (χ3v) is 5.81. The lowest BCUT2D eigenvalue weighted by Gasteiger charge is -2.21. The highest BCUT2D eigenvalue weighted by Gasteiger charge is 2.31. The molecule has 0 spiro atoms. The summed E-state index contributed by atoms with van der Waals surface area (Å²) in [5, 5.41) is 6.92. The first-order chi connectivity index (χ1) is 14.1. The smallest absolute Gasteiger partial charge is 0.243 e. The van der Waals surface area contributed by atoms with Crippen LogP contribution in [0.1, 0.15) is 24.1 Å². The maximum absolute atomic E-state index is 12.6. The zero-order valence-electron chi connectivity index (χ0n) is 16.1. The van der Waals surface area contributed by atoms with E-state index < -0.39 is 0 Å². The van der Waals surface area contributed by atoms with E-state index in [0.717, 1.165) is 27.1 Å². The molecule has 1 saturated heterocycles. The second kappa shape index (κ2) is 9.92. The van der Waals surface area contributed by atoms with Gasteiger partial charge in [0.15, 0.2) is 6.29 Å². The summed E-state index contributed by atoms with van der Waals surface area (Å²) in [6.07, 6.45) is 8.10. The fraction of sp³-hybridized carbons (Fsp3) is 0.350. The second-order valence-corrected chi connectivity index (χ2v) is 7.81. The van der Waals surface area contributed by atoms with Crippen LogP contribution >= 0.6 is 11.3 Å². The second-order valence-electron chi connectivity index (χ2n) is 6.64. The molecule has 8 nitrogen and oxygen atoms in total. The van der Waals surface area contributed by atoms with Crippen LogP contribution < -0.4 is 10.6 Å². The predicted molar refractivity (Wildman–Crippen MR) is 113 cm³/mol. The lowest BCUT2D eigenvalue weighted by Crippen LogP contribution is -2.42. The molecule has 1 unspecified atom stereocenters. The Morgan fingerprint density at radius 3 is 3.03 bits per heavy atom. The summed E-state index contributed by atoms with van der Waals surface area (Å²) in [5.41, 5.74) is 0.305. The number of hydrogen-bond donors (Lipinski definition) is 2. The molecule has 9 heteroatoms. The Morgan fingerprint density at radius 1 is 1.41 bits per heavy atom. The van der Waals surface area contributed by atoms with E-state index in [2.05, 4.69) is 20.6 Å². The Hall–Kier alpha value is -3.07. The van der Waals surface area contributed by atoms with Crippen LogP contribution in [0, 0.1) is 0 Å². The van der Waals surface area contributed by atoms with Crippen molar-refractivity contribution in [3.8, 4) is 0 Å². The van der Waals surface area contributed by atoms with Gasteiger partial charge in [0.1, 0.15) is 18.2 Å². The van der Waals surface area contributed by atoms with Gasteiger partial charge in [-0.05, 0) is 18.6 Å². The number of carbonyl (C=O) groups is 3. The Morgan fingerprint density at radius 2 is 2.28 bits per heavy atom. The summed E-state index contributed by atoms with van der Waals surface area (Å²) >= 11 is 1.64. The normalized spacial score (nSPS) is 18.2. The number of hydrogen-bond acceptors (Lipinski definition) is 7. The van der Waals surface area contributed by atoms with Crippen LogP contribution in [0.5, 0.6) is 0 Å². The fourth-order valence-corrected chi connectivity index (χ4v) is 4.11. The van der Waals surface area contributed by atoms with Crippen molar-refractivity contribution in [1.82, 2.24) is 20.5 Å². The van der Waals surface area contributed by atoms with E-state index in [1.807, 2.05) is 30.3 Å². The van der Waals surface area contributed by atoms with E-state index in [9.17, 15) is 14.4 Å². The first-order valence-corrected chi connectivity index (χ1v) is 10.2. The number of fused-ring (bicyclic) bond motifs is 1. The molecule has 0 aliphatic carbocycles. The Balaban J connectivity index is 1.56. The number of nitrogens with zero attached hydrogens (tertiary/aromatic N) is 3. The van der Waals surface area contributed by atoms with E-state index in [0.29, 0.717) is 44.3 Å². The van der Waals surface area contributed by atoms with Crippen LogP contribution in [-0.2, 0) is 20.9 Å². The predicted octanol–water partition coefficient (Wildman–Crippen LogP) is 1.62. The van der Waals surface area contributed by atoms with E-state index in [-0.39, 0.29) is 11.9 Å². The molecule has 2 N–H and O–H groups in total. The van der Waals surface area contributed by atoms with Crippen molar-refractivity contribution >= 4 is 45.7 Å². The zero-order chi connectivity index (χ0) is 20.6. The van der Waals surface area contributed by atoms with E-state index in [4.69, 9.17) is 0 Å². The molecule has 3 rings (SSSR count). The number of likely N-dealkylation sites (tertiary alicyclic amines) is 1. The molecule has 152 valence electrons. The van der Waals surface area contributed by atoms with E-state index in [1.54, 1.807) is 17.5 Å². The van der Waals surface area contributed by atoms with Gasteiger partial charge in [-0.2, -0.15) is 0 Å². The molecule has 1 aliphatic heterocycles. The number of carbonyl (C=O) groups excluding carboxylic acids is 3. The van der Waals surface area contributed by atoms with Crippen LogP contribution in [0.3, 0.4) is 0 Å². The molecule has 1 fully saturated rings. The molecule has 0 bridgehead atoms. The average Bonchev–Trinajstić information content (AvgIpc) is 3.32. The Bertz CT molecular complexity index is 919. The minimum atomic E-state index is -0.291. The van der Waals surface area contributed by atoms with Gasteiger partial charge in [-0.15, -0.1) is 11.3 Å². The van der Waals surface area contributed by atoms with Crippen LogP contribution in [0.15, 0.2) is 41.4 Å². The Labute approximate surface area is 172 Å². The number of aldehydes is 2. The van der Waals surface area contributed by atoms with Crippen molar-refractivity contribution < 1.29 is 14.4 Å². The van der Waals surface area contributed by atoms with Gasteiger partial charge in [0, 0.05) is 53.8 Å². The molecule has 3 heterocycles. The summed E-state index contributed by atoms with van der Waals surface area (Å²) in [6.45, 7) is 0.860. The van der Waals surface area contributed by atoms with Crippen LogP contribution in [0.25, 0.3) is 10.1 Å². The molecule has 1 aliphatic rings. The monoisotopic (exact) mass is 413 g/mol. The standard InChI is InChI=1S/C20H23N5O3S/c1-25-17(3-4-19(25)23-11-15(13-27)22-6-2-8-26)20(28)24-12-16-9-14-10-21-7-5-18(14)29-16/h5,7-11,13,17,22H,2-4,6,12H2,1H3,(H,24,28)/b15-11+,23-19?. The van der Waals surface area contributed by atoms with Crippen molar-refractivity contribution in [2.75, 3.05) is 13.6 Å². The number of aliphatic imine (C=N–C) groups is 1. The van der Waals surface area contributed by atoms with Crippen molar-refractivity contribution in [2.24, 2.45) is 4.99 Å². The summed E-state index contributed by atoms with van der Waals surface area (Å²) < 4.78 is 1.15. The highest BCUT2D eigenvalue weighted by atomic mass is 32.1. The van der Waals surface area contributed by atoms with Crippen LogP contribution in [-0.4, -0.2) is 53.8 Å². The molecule has 1 amide bonds. The minimum Gasteiger partial charge on any atom is -0.381 e. The topological polar surface area (TPSA) is 104 Å². The summed E-state index contributed by atoms with van der Waals surface area (Å²) in [4.78, 5) is 45.4. The van der Waals surface area contributed by atoms with Gasteiger partial charge in [-0.3, -0.25) is 14.6 Å². The summed E-state index contributed by atoms with van der Waals surface area (Å²) in [6, 6.07) is 3.72. The maximum Gasteiger partial charge on any atom is 0.243 e. The quantitative estimate of drug-likeness (QED) is 0.368. The SMILES string of the molecule is CN1C(=N/C=C(\C=O)NCCC=O)CCC1C(=O)NCc1cc2cnccc2s1. The average molecular weight is 414 g/mol. The highest BCUT2D eigenvalue weighted by molar-refractivity contribution is 7.19.